The van der Waals surface area contributed by atoms with Gasteiger partial charge in [-0.25, -0.2) is 15.0 Å². The SMILES string of the molecule is C(=N/Nc1ncnc2scc(-c3ccccc3)c12)/c1cnc2ccccc2n1. The molecule has 5 rings (SSSR count). The van der Waals surface area contributed by atoms with Crippen LogP contribution in [0.25, 0.3) is 32.4 Å². The van der Waals surface area contributed by atoms with Crippen molar-refractivity contribution in [3.05, 3.63) is 78.2 Å². The van der Waals surface area contributed by atoms with Crippen molar-refractivity contribution in [2.75, 3.05) is 5.43 Å². The van der Waals surface area contributed by atoms with Crippen molar-refractivity contribution in [3.8, 4) is 11.1 Å². The lowest BCUT2D eigenvalue weighted by Crippen LogP contribution is -1.97. The molecule has 0 amide bonds. The number of thiophene rings is 1. The zero-order valence-corrected chi connectivity index (χ0v) is 15.5. The van der Waals surface area contributed by atoms with Gasteiger partial charge >= 0.3 is 0 Å². The molecule has 0 saturated carbocycles. The summed E-state index contributed by atoms with van der Waals surface area (Å²) in [6.07, 6.45) is 4.88. The lowest BCUT2D eigenvalue weighted by Gasteiger charge is -2.04. The maximum atomic E-state index is 4.54. The van der Waals surface area contributed by atoms with E-state index in [-0.39, 0.29) is 0 Å². The molecule has 0 saturated heterocycles. The van der Waals surface area contributed by atoms with E-state index in [0.717, 1.165) is 32.4 Å². The fourth-order valence-corrected chi connectivity index (χ4v) is 3.90. The highest BCUT2D eigenvalue weighted by molar-refractivity contribution is 7.17. The Labute approximate surface area is 164 Å². The van der Waals surface area contributed by atoms with E-state index in [0.29, 0.717) is 11.5 Å². The summed E-state index contributed by atoms with van der Waals surface area (Å²) in [7, 11) is 0. The number of nitrogens with zero attached hydrogens (tertiary/aromatic N) is 5. The minimum atomic E-state index is 0.662. The van der Waals surface area contributed by atoms with Gasteiger partial charge in [-0.05, 0) is 17.7 Å². The molecule has 1 N–H and O–H groups in total. The third-order valence-electron chi connectivity index (χ3n) is 4.29. The quantitative estimate of drug-likeness (QED) is 0.359. The monoisotopic (exact) mass is 382 g/mol. The van der Waals surface area contributed by atoms with Gasteiger partial charge in [0.05, 0.1) is 28.8 Å². The van der Waals surface area contributed by atoms with E-state index in [1.807, 2.05) is 42.5 Å². The Morgan fingerprint density at radius 2 is 1.71 bits per heavy atom. The number of hydrogen-bond acceptors (Lipinski definition) is 7. The molecule has 2 aromatic carbocycles. The predicted molar refractivity (Wildman–Crippen MR) is 114 cm³/mol. The molecule has 0 aliphatic carbocycles. The van der Waals surface area contributed by atoms with Crippen LogP contribution in [0.1, 0.15) is 5.69 Å². The van der Waals surface area contributed by atoms with Crippen LogP contribution in [0, 0.1) is 0 Å². The highest BCUT2D eigenvalue weighted by Crippen LogP contribution is 2.36. The van der Waals surface area contributed by atoms with Crippen LogP contribution in [-0.2, 0) is 0 Å². The Morgan fingerprint density at radius 3 is 2.61 bits per heavy atom. The first kappa shape index (κ1) is 16.5. The molecule has 0 atom stereocenters. The van der Waals surface area contributed by atoms with E-state index in [9.17, 15) is 0 Å². The van der Waals surface area contributed by atoms with Gasteiger partial charge in [-0.15, -0.1) is 11.3 Å². The molecule has 0 radical (unpaired) electrons. The Morgan fingerprint density at radius 1 is 0.893 bits per heavy atom. The van der Waals surface area contributed by atoms with Gasteiger partial charge in [0.15, 0.2) is 5.82 Å². The van der Waals surface area contributed by atoms with E-state index < -0.39 is 0 Å². The van der Waals surface area contributed by atoms with Crippen molar-refractivity contribution in [1.29, 1.82) is 0 Å². The second kappa shape index (κ2) is 7.13. The molecular formula is C21H14N6S. The van der Waals surface area contributed by atoms with Crippen molar-refractivity contribution >= 4 is 44.6 Å². The highest BCUT2D eigenvalue weighted by Gasteiger charge is 2.12. The van der Waals surface area contributed by atoms with Crippen LogP contribution in [-0.4, -0.2) is 26.2 Å². The molecule has 0 unspecified atom stereocenters. The summed E-state index contributed by atoms with van der Waals surface area (Å²) in [6, 6.07) is 17.9. The summed E-state index contributed by atoms with van der Waals surface area (Å²) < 4.78 is 0. The first-order valence-corrected chi connectivity index (χ1v) is 9.55. The number of hydrogen-bond donors (Lipinski definition) is 1. The first-order chi connectivity index (χ1) is 13.9. The normalized spacial score (nSPS) is 11.4. The van der Waals surface area contributed by atoms with Crippen LogP contribution in [0.2, 0.25) is 0 Å². The van der Waals surface area contributed by atoms with Gasteiger partial charge in [-0.1, -0.05) is 42.5 Å². The molecule has 0 spiro atoms. The van der Waals surface area contributed by atoms with Crippen LogP contribution in [0.5, 0.6) is 0 Å². The summed E-state index contributed by atoms with van der Waals surface area (Å²) >= 11 is 1.59. The second-order valence-electron chi connectivity index (χ2n) is 6.07. The van der Waals surface area contributed by atoms with Crippen molar-refractivity contribution in [2.24, 2.45) is 5.10 Å². The van der Waals surface area contributed by atoms with Crippen molar-refractivity contribution in [2.45, 2.75) is 0 Å². The average Bonchev–Trinajstić information content (AvgIpc) is 3.19. The minimum absolute atomic E-state index is 0.662. The van der Waals surface area contributed by atoms with E-state index in [1.165, 1.54) is 0 Å². The van der Waals surface area contributed by atoms with Gasteiger partial charge in [-0.2, -0.15) is 5.10 Å². The molecule has 5 aromatic rings. The summed E-state index contributed by atoms with van der Waals surface area (Å²) in [6.45, 7) is 0. The van der Waals surface area contributed by atoms with Gasteiger partial charge < -0.3 is 0 Å². The Kier molecular flexibility index (Phi) is 4.19. The Balaban J connectivity index is 1.48. The number of fused-ring (bicyclic) bond motifs is 2. The second-order valence-corrected chi connectivity index (χ2v) is 6.93. The zero-order chi connectivity index (χ0) is 18.8. The predicted octanol–water partition coefficient (Wildman–Crippen LogP) is 4.75. The van der Waals surface area contributed by atoms with Crippen molar-refractivity contribution in [3.63, 3.8) is 0 Å². The molecule has 7 heteroatoms. The van der Waals surface area contributed by atoms with Crippen molar-refractivity contribution < 1.29 is 0 Å². The largest absolute Gasteiger partial charge is 0.261 e. The molecule has 3 aromatic heterocycles. The number of aromatic nitrogens is 4. The highest BCUT2D eigenvalue weighted by atomic mass is 32.1. The van der Waals surface area contributed by atoms with Crippen LogP contribution in [0.15, 0.2) is 77.6 Å². The van der Waals surface area contributed by atoms with E-state index in [1.54, 1.807) is 30.1 Å². The van der Waals surface area contributed by atoms with E-state index >= 15 is 0 Å². The summed E-state index contributed by atoms with van der Waals surface area (Å²) in [5.41, 5.74) is 7.61. The Hall–Kier alpha value is -3.71. The number of hydrazone groups is 1. The fourth-order valence-electron chi connectivity index (χ4n) is 2.98. The van der Waals surface area contributed by atoms with Crippen LogP contribution in [0.4, 0.5) is 5.82 Å². The number of anilines is 1. The summed E-state index contributed by atoms with van der Waals surface area (Å²) in [4.78, 5) is 18.6. The summed E-state index contributed by atoms with van der Waals surface area (Å²) in [5.74, 6) is 0.662. The topological polar surface area (TPSA) is 76.0 Å². The number of para-hydroxylation sites is 2. The van der Waals surface area contributed by atoms with Gasteiger partial charge in [0.25, 0.3) is 0 Å². The zero-order valence-electron chi connectivity index (χ0n) is 14.6. The average molecular weight is 382 g/mol. The molecule has 0 bridgehead atoms. The molecular weight excluding hydrogens is 368 g/mol. The first-order valence-electron chi connectivity index (χ1n) is 8.67. The van der Waals surface area contributed by atoms with Gasteiger partial charge in [-0.3, -0.25) is 10.4 Å². The molecule has 134 valence electrons. The lowest BCUT2D eigenvalue weighted by molar-refractivity contribution is 1.19. The Bertz CT molecular complexity index is 1300. The van der Waals surface area contributed by atoms with Gasteiger partial charge in [0.1, 0.15) is 16.9 Å². The standard InChI is InChI=1S/C21H14N6S/c1-2-6-14(7-3-1)16-12-28-21-19(16)20(23-13-24-21)27-25-11-15-10-22-17-8-4-5-9-18(17)26-15/h1-13H,(H,23,24,27)/b25-11-. The van der Waals surface area contributed by atoms with Crippen LogP contribution in [0.3, 0.4) is 0 Å². The molecule has 0 aliphatic rings. The smallest absolute Gasteiger partial charge is 0.159 e. The third kappa shape index (κ3) is 3.08. The maximum absolute atomic E-state index is 4.54. The summed E-state index contributed by atoms with van der Waals surface area (Å²) in [5, 5.41) is 7.37. The molecule has 28 heavy (non-hydrogen) atoms. The van der Waals surface area contributed by atoms with Gasteiger partial charge in [0.2, 0.25) is 0 Å². The lowest BCUT2D eigenvalue weighted by atomic mass is 10.1. The third-order valence-corrected chi connectivity index (χ3v) is 5.18. The van der Waals surface area contributed by atoms with E-state index in [2.05, 4.69) is 48.0 Å². The molecule has 0 aliphatic heterocycles. The van der Waals surface area contributed by atoms with E-state index in [4.69, 9.17) is 0 Å². The molecule has 6 nitrogen and oxygen atoms in total. The number of rotatable bonds is 4. The number of benzene rings is 2. The molecule has 0 fully saturated rings. The van der Waals surface area contributed by atoms with Crippen molar-refractivity contribution in [1.82, 2.24) is 19.9 Å². The van der Waals surface area contributed by atoms with Crippen LogP contribution >= 0.6 is 11.3 Å². The maximum Gasteiger partial charge on any atom is 0.159 e. The van der Waals surface area contributed by atoms with Crippen LogP contribution < -0.4 is 5.43 Å². The minimum Gasteiger partial charge on any atom is -0.261 e. The van der Waals surface area contributed by atoms with Gasteiger partial charge in [0, 0.05) is 10.9 Å². The molecule has 3 heterocycles. The fraction of sp³-hybridized carbons (Fsp3) is 0. The number of nitrogens with one attached hydrogen (secondary N) is 1.